The molecule has 0 atom stereocenters. The van der Waals surface area contributed by atoms with Gasteiger partial charge in [0.1, 0.15) is 0 Å². The highest BCUT2D eigenvalue weighted by molar-refractivity contribution is 6.30. The van der Waals surface area contributed by atoms with Crippen LogP contribution in [-0.4, -0.2) is 11.1 Å². The Morgan fingerprint density at radius 1 is 1.67 bits per heavy atom. The van der Waals surface area contributed by atoms with E-state index in [1.807, 2.05) is 6.92 Å². The minimum atomic E-state index is -0.844. The van der Waals surface area contributed by atoms with Crippen LogP contribution in [0, 0.1) is 0 Å². The van der Waals surface area contributed by atoms with E-state index in [9.17, 15) is 4.79 Å². The lowest BCUT2D eigenvalue weighted by Crippen LogP contribution is -1.89. The zero-order valence-electron chi connectivity index (χ0n) is 6.88. The number of carboxylic acids is 1. The molecule has 0 aliphatic carbocycles. The molecule has 12 heavy (non-hydrogen) atoms. The smallest absolute Gasteiger partial charge is 0.307 e. The minimum Gasteiger partial charge on any atom is -0.481 e. The highest BCUT2D eigenvalue weighted by atomic mass is 35.5. The lowest BCUT2D eigenvalue weighted by molar-refractivity contribution is -0.135. The summed E-state index contributed by atoms with van der Waals surface area (Å²) >= 11 is 5.49. The number of hydrogen-bond acceptors (Lipinski definition) is 1. The predicted molar refractivity (Wildman–Crippen MR) is 50.1 cm³/mol. The third-order valence-corrected chi connectivity index (χ3v) is 1.17. The third kappa shape index (κ3) is 7.09. The molecular formula is C9H11ClO2. The van der Waals surface area contributed by atoms with Gasteiger partial charge in [-0.25, -0.2) is 0 Å². The van der Waals surface area contributed by atoms with Gasteiger partial charge in [0.25, 0.3) is 0 Å². The van der Waals surface area contributed by atoms with E-state index in [1.54, 1.807) is 18.2 Å². The van der Waals surface area contributed by atoms with E-state index in [2.05, 4.69) is 6.58 Å². The SMILES string of the molecule is C=C(Cl)/C=C(C)\C=C\CC(=O)O. The number of hydrogen-bond donors (Lipinski definition) is 1. The van der Waals surface area contributed by atoms with Crippen molar-refractivity contribution in [3.63, 3.8) is 0 Å². The molecular weight excluding hydrogens is 176 g/mol. The molecule has 0 aromatic heterocycles. The zero-order valence-corrected chi connectivity index (χ0v) is 7.64. The van der Waals surface area contributed by atoms with Gasteiger partial charge in [-0.2, -0.15) is 0 Å². The van der Waals surface area contributed by atoms with Gasteiger partial charge in [0.2, 0.25) is 0 Å². The highest BCUT2D eigenvalue weighted by Gasteiger charge is 1.89. The monoisotopic (exact) mass is 186 g/mol. The summed E-state index contributed by atoms with van der Waals surface area (Å²) in [5, 5.41) is 8.73. The van der Waals surface area contributed by atoms with Gasteiger partial charge in [-0.05, 0) is 18.6 Å². The second-order valence-electron chi connectivity index (χ2n) is 2.34. The minimum absolute atomic E-state index is 0.0277. The van der Waals surface area contributed by atoms with Crippen molar-refractivity contribution in [3.05, 3.63) is 35.4 Å². The fourth-order valence-corrected chi connectivity index (χ4v) is 0.813. The van der Waals surface area contributed by atoms with Crippen LogP contribution in [0.3, 0.4) is 0 Å². The number of aliphatic carboxylic acids is 1. The molecule has 2 nitrogen and oxygen atoms in total. The number of carboxylic acid groups (broad SMARTS) is 1. The first-order valence-electron chi connectivity index (χ1n) is 3.43. The number of halogens is 1. The Morgan fingerprint density at radius 2 is 2.25 bits per heavy atom. The molecule has 0 saturated heterocycles. The predicted octanol–water partition coefficient (Wildman–Crippen LogP) is 2.72. The summed E-state index contributed by atoms with van der Waals surface area (Å²) < 4.78 is 0. The third-order valence-electron chi connectivity index (χ3n) is 1.06. The Labute approximate surface area is 76.8 Å². The van der Waals surface area contributed by atoms with Crippen molar-refractivity contribution in [3.8, 4) is 0 Å². The van der Waals surface area contributed by atoms with Crippen LogP contribution in [0.25, 0.3) is 0 Å². The fraction of sp³-hybridized carbons (Fsp3) is 0.222. The van der Waals surface area contributed by atoms with Crippen molar-refractivity contribution >= 4 is 17.6 Å². The van der Waals surface area contributed by atoms with Gasteiger partial charge in [0, 0.05) is 5.03 Å². The molecule has 0 aliphatic rings. The summed E-state index contributed by atoms with van der Waals surface area (Å²) in [5.74, 6) is -0.844. The molecule has 1 N–H and O–H groups in total. The van der Waals surface area contributed by atoms with E-state index < -0.39 is 5.97 Å². The average molecular weight is 187 g/mol. The van der Waals surface area contributed by atoms with Gasteiger partial charge in [-0.15, -0.1) is 0 Å². The van der Waals surface area contributed by atoms with Crippen LogP contribution < -0.4 is 0 Å². The maximum Gasteiger partial charge on any atom is 0.307 e. The van der Waals surface area contributed by atoms with Crippen molar-refractivity contribution in [2.45, 2.75) is 13.3 Å². The van der Waals surface area contributed by atoms with Gasteiger partial charge in [0.05, 0.1) is 6.42 Å². The van der Waals surface area contributed by atoms with E-state index in [0.29, 0.717) is 5.03 Å². The topological polar surface area (TPSA) is 37.3 Å². The molecule has 0 spiro atoms. The molecule has 0 rings (SSSR count). The van der Waals surface area contributed by atoms with Gasteiger partial charge >= 0.3 is 5.97 Å². The molecule has 0 unspecified atom stereocenters. The number of rotatable bonds is 4. The summed E-state index contributed by atoms with van der Waals surface area (Å²) in [7, 11) is 0. The van der Waals surface area contributed by atoms with Crippen molar-refractivity contribution in [2.75, 3.05) is 0 Å². The molecule has 0 fully saturated rings. The fourth-order valence-electron chi connectivity index (χ4n) is 0.641. The molecule has 0 aromatic rings. The Morgan fingerprint density at radius 3 is 2.67 bits per heavy atom. The Kier molecular flexibility index (Phi) is 5.13. The standard InChI is InChI=1S/C9H11ClO2/c1-7(6-8(2)10)4-3-5-9(11)12/h3-4,6H,2,5H2,1H3,(H,11,12)/b4-3+,7-6-. The normalized spacial score (nSPS) is 12.0. The van der Waals surface area contributed by atoms with Crippen LogP contribution in [-0.2, 0) is 4.79 Å². The van der Waals surface area contributed by atoms with Crippen molar-refractivity contribution in [1.29, 1.82) is 0 Å². The summed E-state index contributed by atoms with van der Waals surface area (Å²) in [5.41, 5.74) is 0.885. The first kappa shape index (κ1) is 11.0. The summed E-state index contributed by atoms with van der Waals surface area (Å²) in [6.45, 7) is 5.30. The quantitative estimate of drug-likeness (QED) is 0.686. The second-order valence-corrected chi connectivity index (χ2v) is 2.82. The van der Waals surface area contributed by atoms with E-state index in [4.69, 9.17) is 16.7 Å². The molecule has 0 bridgehead atoms. The van der Waals surface area contributed by atoms with Gasteiger partial charge in [-0.1, -0.05) is 30.3 Å². The second kappa shape index (κ2) is 5.61. The number of carbonyl (C=O) groups is 1. The highest BCUT2D eigenvalue weighted by Crippen LogP contribution is 2.05. The van der Waals surface area contributed by atoms with Crippen LogP contribution in [0.4, 0.5) is 0 Å². The van der Waals surface area contributed by atoms with E-state index >= 15 is 0 Å². The van der Waals surface area contributed by atoms with Crippen molar-refractivity contribution in [2.24, 2.45) is 0 Å². The maximum atomic E-state index is 10.1. The van der Waals surface area contributed by atoms with Crippen LogP contribution >= 0.6 is 11.6 Å². The van der Waals surface area contributed by atoms with Crippen LogP contribution in [0.1, 0.15) is 13.3 Å². The average Bonchev–Trinajstić information content (AvgIpc) is 1.84. The van der Waals surface area contributed by atoms with Crippen molar-refractivity contribution in [1.82, 2.24) is 0 Å². The molecule has 3 heteroatoms. The number of allylic oxidation sites excluding steroid dienone is 4. The van der Waals surface area contributed by atoms with Crippen LogP contribution in [0.15, 0.2) is 35.4 Å². The lowest BCUT2D eigenvalue weighted by atomic mass is 10.2. The Hall–Kier alpha value is -1.02. The summed E-state index contributed by atoms with van der Waals surface area (Å²) in [6, 6.07) is 0. The first-order valence-corrected chi connectivity index (χ1v) is 3.81. The summed E-state index contributed by atoms with van der Waals surface area (Å²) in [6.07, 6.45) is 4.95. The molecule has 0 amide bonds. The van der Waals surface area contributed by atoms with E-state index in [0.717, 1.165) is 5.57 Å². The van der Waals surface area contributed by atoms with Crippen molar-refractivity contribution < 1.29 is 9.90 Å². The largest absolute Gasteiger partial charge is 0.481 e. The Balaban J connectivity index is 3.99. The molecule has 0 saturated carbocycles. The van der Waals surface area contributed by atoms with E-state index in [-0.39, 0.29) is 6.42 Å². The molecule has 0 aromatic carbocycles. The lowest BCUT2D eigenvalue weighted by Gasteiger charge is -1.89. The molecule has 0 aliphatic heterocycles. The van der Waals surface area contributed by atoms with Crippen LogP contribution in [0.5, 0.6) is 0 Å². The molecule has 0 radical (unpaired) electrons. The molecule has 66 valence electrons. The van der Waals surface area contributed by atoms with Gasteiger partial charge in [0.15, 0.2) is 0 Å². The zero-order chi connectivity index (χ0) is 9.56. The summed E-state index contributed by atoms with van der Waals surface area (Å²) in [4.78, 5) is 10.1. The first-order chi connectivity index (χ1) is 5.52. The Bertz CT molecular complexity index is 239. The van der Waals surface area contributed by atoms with E-state index in [1.165, 1.54) is 0 Å². The van der Waals surface area contributed by atoms with Crippen LogP contribution in [0.2, 0.25) is 0 Å². The van der Waals surface area contributed by atoms with Gasteiger partial charge in [-0.3, -0.25) is 4.79 Å². The van der Waals surface area contributed by atoms with Gasteiger partial charge < -0.3 is 5.11 Å². The molecule has 0 heterocycles. The maximum absolute atomic E-state index is 10.1.